The van der Waals surface area contributed by atoms with E-state index in [1.54, 1.807) is 55.4 Å². The predicted octanol–water partition coefficient (Wildman–Crippen LogP) is 26.4. The van der Waals surface area contributed by atoms with Gasteiger partial charge in [-0.15, -0.1) is 0 Å². The second-order valence-electron chi connectivity index (χ2n) is 35.4. The molecule has 0 N–H and O–H groups in total. The number of benzene rings is 15. The van der Waals surface area contributed by atoms with Crippen molar-refractivity contribution in [1.29, 1.82) is 0 Å². The van der Waals surface area contributed by atoms with Gasteiger partial charge in [-0.1, -0.05) is 188 Å². The first-order chi connectivity index (χ1) is 74.3. The molecule has 15 aromatic carbocycles. The fraction of sp³-hybridized carbons (Fsp3) is 0.120. The quantitative estimate of drug-likeness (QED) is 0.127. The van der Waals surface area contributed by atoms with Crippen LogP contribution in [0.25, 0.3) is 195 Å². The summed E-state index contributed by atoms with van der Waals surface area (Å²) in [6.07, 6.45) is 10.2. The van der Waals surface area contributed by atoms with Crippen LogP contribution in [0, 0.1) is 68.9 Å². The van der Waals surface area contributed by atoms with E-state index >= 15 is 0 Å². The Hall–Kier alpha value is -17.3. The van der Waals surface area contributed by atoms with Crippen molar-refractivity contribution in [3.63, 3.8) is 0 Å². The van der Waals surface area contributed by atoms with Crippen LogP contribution < -0.4 is 22.8 Å². The monoisotopic (exact) mass is 1840 g/mol. The zero-order valence-corrected chi connectivity index (χ0v) is 79.2. The molecule has 15 heteroatoms. The van der Waals surface area contributed by atoms with Crippen LogP contribution in [-0.4, -0.2) is 47.8 Å². The van der Waals surface area contributed by atoms with E-state index in [1.807, 2.05) is 295 Å². The summed E-state index contributed by atoms with van der Waals surface area (Å²) in [7, 11) is 10.1. The van der Waals surface area contributed by atoms with Crippen LogP contribution in [0.4, 0.5) is 0 Å². The summed E-state index contributed by atoms with van der Waals surface area (Å²) >= 11 is 0. The van der Waals surface area contributed by atoms with Gasteiger partial charge in [0.15, 0.2) is 55.2 Å². The summed E-state index contributed by atoms with van der Waals surface area (Å²) in [5.74, 6) is 5.07. The van der Waals surface area contributed by atoms with E-state index in [4.69, 9.17) is 25.5 Å². The molecule has 25 aromatic rings. The Balaban J connectivity index is 0.000000112. The molecule has 0 fully saturated rings. The molecule has 680 valence electrons. The average Bonchev–Trinajstić information content (AvgIpc) is 1.61. The van der Waals surface area contributed by atoms with Gasteiger partial charge in [-0.25, -0.2) is 27.8 Å². The van der Waals surface area contributed by atoms with Crippen LogP contribution in [0.5, 0.6) is 0 Å². The number of pyridine rings is 5. The summed E-state index contributed by atoms with van der Waals surface area (Å²) < 4.78 is 145. The lowest BCUT2D eigenvalue weighted by Gasteiger charge is -2.10. The van der Waals surface area contributed by atoms with Gasteiger partial charge < -0.3 is 0 Å². The fourth-order valence-corrected chi connectivity index (χ4v) is 19.9. The first kappa shape index (κ1) is 73.1. The number of para-hydroxylation sites is 11. The van der Waals surface area contributed by atoms with E-state index in [-0.39, 0.29) is 11.1 Å². The second kappa shape index (κ2) is 37.4. The summed E-state index contributed by atoms with van der Waals surface area (Å²) in [6.45, 7) is -1.10. The maximum absolute atomic E-state index is 8.36. The third kappa shape index (κ3) is 15.9. The number of imidazole rings is 5. The minimum Gasteiger partial charge on any atom is -0.264 e. The first-order valence-electron chi connectivity index (χ1n) is 54.1. The first-order valence-corrected chi connectivity index (χ1v) is 46.6. The minimum atomic E-state index is -2.32. The van der Waals surface area contributed by atoms with Gasteiger partial charge in [-0.2, -0.15) is 22.8 Å². The van der Waals surface area contributed by atoms with Gasteiger partial charge in [0, 0.05) is 107 Å². The van der Waals surface area contributed by atoms with Crippen molar-refractivity contribution >= 4 is 109 Å². The molecule has 10 aromatic heterocycles. The lowest BCUT2D eigenvalue weighted by atomic mass is 10.0. The molecule has 0 amide bonds. The Morgan fingerprint density at radius 3 is 1.04 bits per heavy atom. The fourth-order valence-electron chi connectivity index (χ4n) is 19.9. The zero-order chi connectivity index (χ0) is 109. The summed E-state index contributed by atoms with van der Waals surface area (Å²) in [5.41, 5.74) is 26.7. The van der Waals surface area contributed by atoms with Gasteiger partial charge in [0.25, 0.3) is 29.1 Å². The standard InChI is InChI=1S/5C25H22N3/c1-17-10-4-6-12-20(17)25-27(3)22-14-8-9-15-23(22)28(25)24-18(2)16-19-11-5-7-13-21(19)26-24;1-17-9-4-5-11-20(17)25-27(3)22-12-6-7-13-23(22)28(25)21-15-14-19-10-8-16-26-24(19)18(21)2;1-17-9-4-5-11-20(17)25-27(3)22-12-6-7-13-23(22)28(25)24-16-21-19(15-18(24)2)10-8-14-26-21;1-17-8-4-5-9-21(17)25-27(3)22-10-6-7-11-23(22)28(25)24-15-20-16-26-13-12-19(20)14-18(24)2;1-17-8-4-5-9-20(17)25-27(3)23-10-6-7-11-24(23)28(25)22-13-12-19-14-15-26-16-21(19)18(22)2/h5*4-16H,1-3H3/q5*+1/i5*2D3. The van der Waals surface area contributed by atoms with Crippen molar-refractivity contribution < 1.29 is 43.4 Å². The van der Waals surface area contributed by atoms with E-state index in [0.29, 0.717) is 56.2 Å². The topological polar surface area (TPSA) is 108 Å². The molecule has 140 heavy (non-hydrogen) atoms. The molecule has 15 nitrogen and oxygen atoms in total. The molecule has 0 aliphatic carbocycles. The third-order valence-corrected chi connectivity index (χ3v) is 26.9. The smallest absolute Gasteiger partial charge is 0.264 e. The molecule has 0 aliphatic rings. The Labute approximate surface area is 836 Å². The van der Waals surface area contributed by atoms with Gasteiger partial charge in [0.1, 0.15) is 22.7 Å². The van der Waals surface area contributed by atoms with Crippen LogP contribution in [0.3, 0.4) is 0 Å². The second-order valence-corrected chi connectivity index (χ2v) is 35.4. The molecule has 0 saturated heterocycles. The molecule has 0 unspecified atom stereocenters. The van der Waals surface area contributed by atoms with Crippen molar-refractivity contribution in [3.8, 4) is 85.5 Å². The molecule has 0 aliphatic heterocycles. The van der Waals surface area contributed by atoms with E-state index in [9.17, 15) is 0 Å². The highest BCUT2D eigenvalue weighted by Gasteiger charge is 2.35. The molecule has 0 spiro atoms. The molecule has 10 heterocycles. The number of fused-ring (bicyclic) bond motifs is 10. The highest BCUT2D eigenvalue weighted by atomic mass is 15.2. The van der Waals surface area contributed by atoms with Crippen LogP contribution in [-0.2, 0) is 35.2 Å². The lowest BCUT2D eigenvalue weighted by molar-refractivity contribution is -0.634. The Bertz CT molecular complexity index is 8750. The summed E-state index contributed by atoms with van der Waals surface area (Å²) in [5, 5.41) is 5.73. The lowest BCUT2D eigenvalue weighted by Crippen LogP contribution is -2.30. The molecule has 0 radical (unpaired) electrons. The SMILES string of the molecule is [2H]C([2H])([2H])c1c(-n2c(-c3ccccc3C)[n+](C)c3ccccc32)ccc2cccnc12.[2H]C([2H])([2H])c1c(-n2c(-c3ccccc3C)[n+](C)c3ccccc32)ccc2ccncc12.[2H]C([2H])([2H])c1cc2ccccc2nc1-n1c(-c2ccccc2C)[n+](C)c2ccccc21.[2H]C([2H])([2H])c1cc2cccnc2cc1-n1c(-c2ccccc2C)[n+](C)c2ccccc21.[2H]C([2H])([2H])c1cc2ccncc2cc1-n1c(-c2ccccc2C)[n+](C)c2ccccc21. The van der Waals surface area contributed by atoms with Crippen LogP contribution in [0.2, 0.25) is 0 Å². The van der Waals surface area contributed by atoms with Crippen molar-refractivity contribution in [2.75, 3.05) is 0 Å². The Morgan fingerprint density at radius 1 is 0.236 bits per heavy atom. The van der Waals surface area contributed by atoms with Crippen molar-refractivity contribution in [1.82, 2.24) is 47.8 Å². The van der Waals surface area contributed by atoms with E-state index < -0.39 is 34.3 Å². The highest BCUT2D eigenvalue weighted by molar-refractivity contribution is 5.94. The number of nitrogens with zero attached hydrogens (tertiary/aromatic N) is 15. The van der Waals surface area contributed by atoms with Gasteiger partial charge >= 0.3 is 0 Å². The molecular formula is C125H110N15+5. The molecule has 0 saturated carbocycles. The van der Waals surface area contributed by atoms with E-state index in [2.05, 4.69) is 181 Å². The number of rotatable bonds is 10. The van der Waals surface area contributed by atoms with Crippen molar-refractivity contribution in [2.45, 2.75) is 68.9 Å². The number of hydrogen-bond donors (Lipinski definition) is 0. The van der Waals surface area contributed by atoms with Crippen LogP contribution in [0.15, 0.2) is 395 Å². The Morgan fingerprint density at radius 2 is 0.579 bits per heavy atom. The average molecular weight is 1840 g/mol. The number of aromatic nitrogens is 15. The van der Waals surface area contributed by atoms with Crippen molar-refractivity contribution in [2.24, 2.45) is 35.2 Å². The van der Waals surface area contributed by atoms with Gasteiger partial charge in [0.05, 0.1) is 79.6 Å². The maximum atomic E-state index is 8.36. The van der Waals surface area contributed by atoms with Crippen LogP contribution in [0.1, 0.15) is 76.2 Å². The molecular weight excluding hydrogens is 1710 g/mol. The largest absolute Gasteiger partial charge is 0.296 e. The van der Waals surface area contributed by atoms with Gasteiger partial charge in [-0.05, 0) is 282 Å². The van der Waals surface area contributed by atoms with Gasteiger partial charge in [0.2, 0.25) is 5.82 Å². The number of aryl methyl sites for hydroxylation is 15. The highest BCUT2D eigenvalue weighted by Crippen LogP contribution is 2.40. The van der Waals surface area contributed by atoms with Crippen LogP contribution >= 0.6 is 0 Å². The third-order valence-electron chi connectivity index (χ3n) is 26.9. The van der Waals surface area contributed by atoms with Gasteiger partial charge in [-0.3, -0.25) is 19.9 Å². The minimum absolute atomic E-state index is 0.238. The number of hydrogen-bond acceptors (Lipinski definition) is 5. The Kier molecular flexibility index (Phi) is 19.5. The molecule has 0 atom stereocenters. The van der Waals surface area contributed by atoms with E-state index in [0.717, 1.165) is 183 Å². The zero-order valence-electron chi connectivity index (χ0n) is 94.2. The summed E-state index contributed by atoms with van der Waals surface area (Å²) in [6, 6.07) is 117. The molecule has 25 rings (SSSR count). The maximum Gasteiger partial charge on any atom is 0.296 e. The summed E-state index contributed by atoms with van der Waals surface area (Å²) in [4.78, 5) is 22.3. The predicted molar refractivity (Wildman–Crippen MR) is 573 cm³/mol. The molecule has 0 bridgehead atoms. The normalized spacial score (nSPS) is 13.4. The van der Waals surface area contributed by atoms with Crippen molar-refractivity contribution in [3.05, 3.63) is 451 Å². The van der Waals surface area contributed by atoms with E-state index in [1.165, 1.54) is 0 Å².